The first kappa shape index (κ1) is 22.9. The molecule has 0 aliphatic carbocycles. The maximum absolute atomic E-state index is 12.0. The van der Waals surface area contributed by atoms with Crippen molar-refractivity contribution in [2.24, 2.45) is 12.8 Å². The molecule has 1 fully saturated rings. The molecular formula is C21H27N9O2S2. The Morgan fingerprint density at radius 3 is 2.82 bits per heavy atom. The standard InChI is InChI=1S/C21H27N9O2S2/c1-28-11-15(8-24-28)18-10-23-20-19(26-16(4-3-6-22)13-30(18)20)27-21-17(9-25-33-21)14-5-7-29(12-14)34(2,31)32/h8-11,13-14H,3-7,12,22H2,1-2H3,(H,26,27). The van der Waals surface area contributed by atoms with Crippen molar-refractivity contribution in [3.8, 4) is 11.3 Å². The molecule has 1 aliphatic rings. The maximum atomic E-state index is 12.0. The molecule has 1 atom stereocenters. The highest BCUT2D eigenvalue weighted by Gasteiger charge is 2.32. The first-order valence-corrected chi connectivity index (χ1v) is 13.7. The van der Waals surface area contributed by atoms with Gasteiger partial charge in [-0.2, -0.15) is 9.47 Å². The fraction of sp³-hybridized carbons (Fsp3) is 0.429. The minimum absolute atomic E-state index is 0.0816. The van der Waals surface area contributed by atoms with Crippen LogP contribution in [0.15, 0.2) is 31.0 Å². The van der Waals surface area contributed by atoms with Gasteiger partial charge >= 0.3 is 0 Å². The van der Waals surface area contributed by atoms with E-state index in [0.29, 0.717) is 31.1 Å². The number of sulfonamides is 1. The second kappa shape index (κ2) is 9.06. The van der Waals surface area contributed by atoms with E-state index in [2.05, 4.69) is 19.8 Å². The van der Waals surface area contributed by atoms with Gasteiger partial charge in [0.25, 0.3) is 0 Å². The van der Waals surface area contributed by atoms with Crippen molar-refractivity contribution in [3.63, 3.8) is 0 Å². The van der Waals surface area contributed by atoms with Gasteiger partial charge < -0.3 is 11.1 Å². The van der Waals surface area contributed by atoms with Crippen LogP contribution in [0, 0.1) is 0 Å². The second-order valence-corrected chi connectivity index (χ2v) is 11.3. The molecule has 0 spiro atoms. The van der Waals surface area contributed by atoms with Gasteiger partial charge in [0.2, 0.25) is 10.0 Å². The summed E-state index contributed by atoms with van der Waals surface area (Å²) >= 11 is 1.34. The lowest BCUT2D eigenvalue weighted by Gasteiger charge is -2.14. The van der Waals surface area contributed by atoms with Gasteiger partial charge in [0.15, 0.2) is 11.5 Å². The first-order chi connectivity index (χ1) is 16.3. The molecule has 1 aliphatic heterocycles. The van der Waals surface area contributed by atoms with E-state index >= 15 is 0 Å². The highest BCUT2D eigenvalue weighted by Crippen LogP contribution is 2.37. The molecule has 0 radical (unpaired) electrons. The zero-order valence-corrected chi connectivity index (χ0v) is 20.7. The molecule has 3 N–H and O–H groups in total. The average molecular weight is 502 g/mol. The molecule has 5 heterocycles. The highest BCUT2D eigenvalue weighted by atomic mass is 32.2. The molecule has 11 nitrogen and oxygen atoms in total. The summed E-state index contributed by atoms with van der Waals surface area (Å²) in [5, 5.41) is 8.60. The highest BCUT2D eigenvalue weighted by molar-refractivity contribution is 7.88. The summed E-state index contributed by atoms with van der Waals surface area (Å²) < 4.78 is 33.7. The van der Waals surface area contributed by atoms with Crippen LogP contribution in [0.3, 0.4) is 0 Å². The monoisotopic (exact) mass is 501 g/mol. The van der Waals surface area contributed by atoms with Crippen LogP contribution in [0.1, 0.15) is 30.0 Å². The van der Waals surface area contributed by atoms with Gasteiger partial charge in [0.1, 0.15) is 5.00 Å². The van der Waals surface area contributed by atoms with Crippen molar-refractivity contribution in [3.05, 3.63) is 42.2 Å². The first-order valence-electron chi connectivity index (χ1n) is 11.1. The van der Waals surface area contributed by atoms with E-state index in [-0.39, 0.29) is 5.92 Å². The Hall–Kier alpha value is -2.87. The fourth-order valence-electron chi connectivity index (χ4n) is 4.32. The third kappa shape index (κ3) is 4.43. The van der Waals surface area contributed by atoms with Crippen LogP contribution in [-0.2, 0) is 23.5 Å². The maximum Gasteiger partial charge on any atom is 0.211 e. The molecule has 4 aromatic rings. The summed E-state index contributed by atoms with van der Waals surface area (Å²) in [6.45, 7) is 1.56. The van der Waals surface area contributed by atoms with Crippen LogP contribution in [0.2, 0.25) is 0 Å². The molecule has 180 valence electrons. The summed E-state index contributed by atoms with van der Waals surface area (Å²) in [5.74, 6) is 0.714. The number of aromatic nitrogens is 6. The van der Waals surface area contributed by atoms with Crippen molar-refractivity contribution in [2.45, 2.75) is 25.2 Å². The summed E-state index contributed by atoms with van der Waals surface area (Å²) in [6.07, 6.45) is 13.0. The Morgan fingerprint density at radius 1 is 1.26 bits per heavy atom. The number of nitrogens with two attached hydrogens (primary N) is 1. The molecule has 0 bridgehead atoms. The number of hydrogen-bond donors (Lipinski definition) is 2. The third-order valence-electron chi connectivity index (χ3n) is 6.07. The van der Waals surface area contributed by atoms with Crippen LogP contribution in [0.5, 0.6) is 0 Å². The molecule has 34 heavy (non-hydrogen) atoms. The van der Waals surface area contributed by atoms with E-state index in [4.69, 9.17) is 10.7 Å². The summed E-state index contributed by atoms with van der Waals surface area (Å²) in [5.41, 5.74) is 10.2. The smallest absolute Gasteiger partial charge is 0.211 e. The topological polar surface area (TPSA) is 136 Å². The molecule has 13 heteroatoms. The van der Waals surface area contributed by atoms with Gasteiger partial charge in [-0.15, -0.1) is 0 Å². The van der Waals surface area contributed by atoms with E-state index in [9.17, 15) is 8.42 Å². The minimum Gasteiger partial charge on any atom is -0.330 e. The Balaban J connectivity index is 1.51. The quantitative estimate of drug-likeness (QED) is 0.374. The lowest BCUT2D eigenvalue weighted by atomic mass is 10.0. The van der Waals surface area contributed by atoms with Gasteiger partial charge in [-0.3, -0.25) is 9.08 Å². The van der Waals surface area contributed by atoms with E-state index < -0.39 is 10.0 Å². The molecule has 1 unspecified atom stereocenters. The van der Waals surface area contributed by atoms with Crippen LogP contribution in [0.4, 0.5) is 10.8 Å². The number of anilines is 2. The van der Waals surface area contributed by atoms with Crippen LogP contribution in [0.25, 0.3) is 16.9 Å². The number of rotatable bonds is 8. The number of imidazole rings is 1. The summed E-state index contributed by atoms with van der Waals surface area (Å²) in [7, 11) is -1.33. The lowest BCUT2D eigenvalue weighted by Crippen LogP contribution is -2.27. The Labute approximate surface area is 201 Å². The number of nitrogens with one attached hydrogen (secondary N) is 1. The summed E-state index contributed by atoms with van der Waals surface area (Å²) in [4.78, 5) is 9.50. The molecule has 0 amide bonds. The Bertz CT molecular complexity index is 1420. The number of fused-ring (bicyclic) bond motifs is 1. The van der Waals surface area contributed by atoms with Crippen LogP contribution in [-0.4, -0.2) is 67.1 Å². The Morgan fingerprint density at radius 2 is 2.12 bits per heavy atom. The molecule has 1 saturated heterocycles. The third-order valence-corrected chi connectivity index (χ3v) is 8.07. The van der Waals surface area contributed by atoms with Gasteiger partial charge in [-0.1, -0.05) is 0 Å². The Kier molecular flexibility index (Phi) is 6.10. The molecule has 0 saturated carbocycles. The summed E-state index contributed by atoms with van der Waals surface area (Å²) in [6, 6.07) is 0. The van der Waals surface area contributed by atoms with E-state index in [1.54, 1.807) is 4.68 Å². The zero-order chi connectivity index (χ0) is 23.9. The van der Waals surface area contributed by atoms with Crippen molar-refractivity contribution in [1.82, 2.24) is 32.8 Å². The second-order valence-electron chi connectivity index (χ2n) is 8.55. The predicted octanol–water partition coefficient (Wildman–Crippen LogP) is 1.97. The van der Waals surface area contributed by atoms with Crippen molar-refractivity contribution >= 4 is 38.0 Å². The van der Waals surface area contributed by atoms with Gasteiger partial charge in [-0.25, -0.2) is 22.7 Å². The van der Waals surface area contributed by atoms with Gasteiger partial charge in [-0.05, 0) is 37.3 Å². The van der Waals surface area contributed by atoms with Gasteiger partial charge in [0.05, 0.1) is 30.0 Å². The fourth-order valence-corrected chi connectivity index (χ4v) is 5.94. The molecule has 0 aromatic carbocycles. The van der Waals surface area contributed by atoms with E-state index in [1.165, 1.54) is 22.1 Å². The van der Waals surface area contributed by atoms with Crippen molar-refractivity contribution in [1.29, 1.82) is 0 Å². The molecule has 4 aromatic heterocycles. The largest absolute Gasteiger partial charge is 0.330 e. The molecular weight excluding hydrogens is 474 g/mol. The average Bonchev–Trinajstić information content (AvgIpc) is 3.57. The predicted molar refractivity (Wildman–Crippen MR) is 132 cm³/mol. The van der Waals surface area contributed by atoms with Crippen LogP contribution >= 0.6 is 11.5 Å². The normalized spacial score (nSPS) is 17.1. The van der Waals surface area contributed by atoms with E-state index in [1.807, 2.05) is 42.4 Å². The van der Waals surface area contributed by atoms with Crippen molar-refractivity contribution in [2.75, 3.05) is 31.2 Å². The minimum atomic E-state index is -3.21. The van der Waals surface area contributed by atoms with Crippen molar-refractivity contribution < 1.29 is 8.42 Å². The van der Waals surface area contributed by atoms with E-state index in [0.717, 1.165) is 46.8 Å². The van der Waals surface area contributed by atoms with Crippen LogP contribution < -0.4 is 11.1 Å². The zero-order valence-electron chi connectivity index (χ0n) is 19.0. The SMILES string of the molecule is Cn1cc(-c2cnc3c(Nc4sncc4C4CCN(S(C)(=O)=O)C4)nc(CCCN)cn23)cn1. The number of hydrogen-bond acceptors (Lipinski definition) is 9. The lowest BCUT2D eigenvalue weighted by molar-refractivity contribution is 0.478. The number of aryl methyl sites for hydroxylation is 2. The molecule has 5 rings (SSSR count). The number of nitrogens with zero attached hydrogens (tertiary/aromatic N) is 7. The van der Waals surface area contributed by atoms with Gasteiger partial charge in [0, 0.05) is 55.8 Å².